The predicted octanol–water partition coefficient (Wildman–Crippen LogP) is 5.86. The zero-order valence-corrected chi connectivity index (χ0v) is 17.5. The van der Waals surface area contributed by atoms with Crippen LogP contribution in [-0.2, 0) is 10.2 Å². The van der Waals surface area contributed by atoms with E-state index in [0.717, 1.165) is 46.0 Å². The summed E-state index contributed by atoms with van der Waals surface area (Å²) in [7, 11) is 0. The van der Waals surface area contributed by atoms with E-state index in [9.17, 15) is 4.79 Å². The van der Waals surface area contributed by atoms with Gasteiger partial charge in [0.1, 0.15) is 0 Å². The van der Waals surface area contributed by atoms with Crippen LogP contribution in [0.15, 0.2) is 48.8 Å². The molecule has 1 atom stereocenters. The van der Waals surface area contributed by atoms with Crippen LogP contribution in [-0.4, -0.2) is 20.9 Å². The Morgan fingerprint density at radius 2 is 1.93 bits per heavy atom. The standard InChI is InChI=1S/C24H28N4O/c1-5-6-18(15-7-9-20-21(12-15)26-14-25-20)23(29)27-17-8-10-19-16(11-17)13-22(28-19)24(2,3)4/h7-14,18,28H,5-6H2,1-4H3,(H,25,26)(H,27,29). The number of H-pyrrole nitrogens is 2. The van der Waals surface area contributed by atoms with Crippen LogP contribution in [0.1, 0.15) is 57.7 Å². The van der Waals surface area contributed by atoms with Crippen LogP contribution in [0.2, 0.25) is 0 Å². The van der Waals surface area contributed by atoms with Crippen LogP contribution in [0.4, 0.5) is 5.69 Å². The minimum atomic E-state index is -0.195. The Morgan fingerprint density at radius 1 is 1.10 bits per heavy atom. The van der Waals surface area contributed by atoms with Gasteiger partial charge >= 0.3 is 0 Å². The van der Waals surface area contributed by atoms with Crippen LogP contribution in [0.25, 0.3) is 21.9 Å². The van der Waals surface area contributed by atoms with Crippen LogP contribution in [0, 0.1) is 0 Å². The summed E-state index contributed by atoms with van der Waals surface area (Å²) in [6.45, 7) is 8.67. The Balaban J connectivity index is 1.60. The zero-order valence-electron chi connectivity index (χ0n) is 17.5. The number of amides is 1. The summed E-state index contributed by atoms with van der Waals surface area (Å²) in [5, 5.41) is 4.24. The molecule has 2 aromatic heterocycles. The van der Waals surface area contributed by atoms with E-state index in [1.54, 1.807) is 6.33 Å². The molecule has 150 valence electrons. The number of rotatable bonds is 5. The van der Waals surface area contributed by atoms with Crippen molar-refractivity contribution in [3.8, 4) is 0 Å². The molecule has 0 fully saturated rings. The first-order chi connectivity index (χ1) is 13.8. The molecule has 2 aromatic carbocycles. The predicted molar refractivity (Wildman–Crippen MR) is 119 cm³/mol. The Bertz CT molecular complexity index is 1160. The number of carbonyl (C=O) groups is 1. The minimum absolute atomic E-state index is 0.0247. The largest absolute Gasteiger partial charge is 0.358 e. The number of aromatic nitrogens is 3. The Morgan fingerprint density at radius 3 is 2.69 bits per heavy atom. The highest BCUT2D eigenvalue weighted by Gasteiger charge is 2.21. The summed E-state index contributed by atoms with van der Waals surface area (Å²) in [5.41, 5.74) is 6.04. The molecule has 2 heterocycles. The van der Waals surface area contributed by atoms with Crippen LogP contribution < -0.4 is 5.32 Å². The molecule has 0 radical (unpaired) electrons. The SMILES string of the molecule is CCCC(C(=O)Nc1ccc2[nH]c(C(C)(C)C)cc2c1)c1ccc2nc[nH]c2c1. The van der Waals surface area contributed by atoms with E-state index in [-0.39, 0.29) is 17.2 Å². The first-order valence-corrected chi connectivity index (χ1v) is 10.2. The number of anilines is 1. The highest BCUT2D eigenvalue weighted by molar-refractivity contribution is 5.98. The lowest BCUT2D eigenvalue weighted by Gasteiger charge is -2.17. The number of nitrogens with zero attached hydrogens (tertiary/aromatic N) is 1. The first kappa shape index (κ1) is 19.2. The van der Waals surface area contributed by atoms with Gasteiger partial charge in [0.15, 0.2) is 0 Å². The molecule has 4 aromatic rings. The van der Waals surface area contributed by atoms with Gasteiger partial charge in [0, 0.05) is 27.7 Å². The minimum Gasteiger partial charge on any atom is -0.358 e. The molecule has 0 saturated heterocycles. The first-order valence-electron chi connectivity index (χ1n) is 10.2. The lowest BCUT2D eigenvalue weighted by Crippen LogP contribution is -2.21. The third-order valence-corrected chi connectivity index (χ3v) is 5.44. The van der Waals surface area contributed by atoms with Crippen molar-refractivity contribution in [1.82, 2.24) is 15.0 Å². The van der Waals surface area contributed by atoms with Gasteiger partial charge < -0.3 is 15.3 Å². The second-order valence-corrected chi connectivity index (χ2v) is 8.74. The topological polar surface area (TPSA) is 73.6 Å². The molecule has 5 heteroatoms. The molecule has 0 saturated carbocycles. The molecule has 0 aliphatic heterocycles. The molecule has 5 nitrogen and oxygen atoms in total. The molecule has 1 unspecified atom stereocenters. The molecule has 3 N–H and O–H groups in total. The fourth-order valence-electron chi connectivity index (χ4n) is 3.75. The number of fused-ring (bicyclic) bond motifs is 2. The number of benzene rings is 2. The molecule has 0 spiro atoms. The lowest BCUT2D eigenvalue weighted by atomic mass is 9.92. The Hall–Kier alpha value is -3.08. The number of hydrogen-bond donors (Lipinski definition) is 3. The molecule has 4 rings (SSSR count). The summed E-state index contributed by atoms with van der Waals surface area (Å²) in [6, 6.07) is 14.2. The molecular formula is C24H28N4O. The van der Waals surface area contributed by atoms with Gasteiger partial charge in [-0.25, -0.2) is 4.98 Å². The van der Waals surface area contributed by atoms with Gasteiger partial charge in [0.25, 0.3) is 0 Å². The van der Waals surface area contributed by atoms with Crippen molar-refractivity contribution in [2.75, 3.05) is 5.32 Å². The second kappa shape index (κ2) is 7.39. The third-order valence-electron chi connectivity index (χ3n) is 5.44. The molecule has 0 bridgehead atoms. The van der Waals surface area contributed by atoms with Gasteiger partial charge in [-0.1, -0.05) is 40.2 Å². The summed E-state index contributed by atoms with van der Waals surface area (Å²) in [4.78, 5) is 24.0. The van der Waals surface area contributed by atoms with Crippen molar-refractivity contribution in [3.63, 3.8) is 0 Å². The van der Waals surface area contributed by atoms with Crippen LogP contribution in [0.3, 0.4) is 0 Å². The molecule has 0 aliphatic carbocycles. The quantitative estimate of drug-likeness (QED) is 0.400. The second-order valence-electron chi connectivity index (χ2n) is 8.74. The number of carbonyl (C=O) groups excluding carboxylic acids is 1. The molecule has 0 aliphatic rings. The summed E-state index contributed by atoms with van der Waals surface area (Å²) in [6.07, 6.45) is 3.41. The normalized spacial score (nSPS) is 13.1. The van der Waals surface area contributed by atoms with E-state index in [1.165, 1.54) is 5.69 Å². The van der Waals surface area contributed by atoms with E-state index in [0.29, 0.717) is 0 Å². The summed E-state index contributed by atoms with van der Waals surface area (Å²) < 4.78 is 0. The van der Waals surface area contributed by atoms with Gasteiger partial charge in [-0.15, -0.1) is 0 Å². The summed E-state index contributed by atoms with van der Waals surface area (Å²) >= 11 is 0. The number of hydrogen-bond acceptors (Lipinski definition) is 2. The number of nitrogens with one attached hydrogen (secondary N) is 3. The fraction of sp³-hybridized carbons (Fsp3) is 0.333. The van der Waals surface area contributed by atoms with Crippen molar-refractivity contribution < 1.29 is 4.79 Å². The zero-order chi connectivity index (χ0) is 20.6. The van der Waals surface area contributed by atoms with Gasteiger partial charge in [0.2, 0.25) is 5.91 Å². The molecular weight excluding hydrogens is 360 g/mol. The third kappa shape index (κ3) is 3.90. The number of aromatic amines is 2. The molecule has 1 amide bonds. The van der Waals surface area contributed by atoms with Crippen molar-refractivity contribution in [3.05, 3.63) is 60.0 Å². The van der Waals surface area contributed by atoms with E-state index in [1.807, 2.05) is 36.4 Å². The van der Waals surface area contributed by atoms with Gasteiger partial charge in [-0.2, -0.15) is 0 Å². The van der Waals surface area contributed by atoms with Crippen LogP contribution in [0.5, 0.6) is 0 Å². The smallest absolute Gasteiger partial charge is 0.231 e. The fourth-order valence-corrected chi connectivity index (χ4v) is 3.75. The van der Waals surface area contributed by atoms with Crippen molar-refractivity contribution in [2.24, 2.45) is 0 Å². The van der Waals surface area contributed by atoms with Crippen molar-refractivity contribution in [1.29, 1.82) is 0 Å². The highest BCUT2D eigenvalue weighted by atomic mass is 16.1. The van der Waals surface area contributed by atoms with Crippen LogP contribution >= 0.6 is 0 Å². The highest BCUT2D eigenvalue weighted by Crippen LogP contribution is 2.29. The van der Waals surface area contributed by atoms with E-state index in [4.69, 9.17) is 0 Å². The van der Waals surface area contributed by atoms with E-state index >= 15 is 0 Å². The van der Waals surface area contributed by atoms with Gasteiger partial charge in [-0.3, -0.25) is 4.79 Å². The van der Waals surface area contributed by atoms with Crippen molar-refractivity contribution in [2.45, 2.75) is 51.9 Å². The lowest BCUT2D eigenvalue weighted by molar-refractivity contribution is -0.117. The van der Waals surface area contributed by atoms with E-state index in [2.05, 4.69) is 54.0 Å². The monoisotopic (exact) mass is 388 g/mol. The molecule has 29 heavy (non-hydrogen) atoms. The maximum Gasteiger partial charge on any atom is 0.231 e. The van der Waals surface area contributed by atoms with E-state index < -0.39 is 0 Å². The Kier molecular flexibility index (Phi) is 4.91. The Labute approximate surface area is 170 Å². The number of imidazole rings is 1. The maximum absolute atomic E-state index is 13.1. The average Bonchev–Trinajstić information content (AvgIpc) is 3.31. The van der Waals surface area contributed by atoms with Gasteiger partial charge in [-0.05, 0) is 48.4 Å². The van der Waals surface area contributed by atoms with Crippen molar-refractivity contribution >= 4 is 33.5 Å². The average molecular weight is 389 g/mol. The van der Waals surface area contributed by atoms with Gasteiger partial charge in [0.05, 0.1) is 23.3 Å². The summed E-state index contributed by atoms with van der Waals surface area (Å²) in [5.74, 6) is -0.170. The maximum atomic E-state index is 13.1.